The summed E-state index contributed by atoms with van der Waals surface area (Å²) < 4.78 is 37.4. The normalized spacial score (nSPS) is 11.3. The van der Waals surface area contributed by atoms with Crippen molar-refractivity contribution in [2.45, 2.75) is 6.18 Å². The van der Waals surface area contributed by atoms with Crippen molar-refractivity contribution in [3.63, 3.8) is 0 Å². The zero-order valence-electron chi connectivity index (χ0n) is 10.4. The van der Waals surface area contributed by atoms with E-state index in [-0.39, 0.29) is 16.9 Å². The van der Waals surface area contributed by atoms with Crippen molar-refractivity contribution in [1.82, 2.24) is 4.90 Å². The summed E-state index contributed by atoms with van der Waals surface area (Å²) in [4.78, 5) is 22.6. The molecule has 1 aromatic carbocycles. The van der Waals surface area contributed by atoms with Crippen molar-refractivity contribution in [3.05, 3.63) is 38.9 Å². The predicted molar refractivity (Wildman–Crippen MR) is 73.9 cm³/mol. The fourth-order valence-electron chi connectivity index (χ4n) is 1.58. The molecule has 0 spiro atoms. The Morgan fingerprint density at radius 2 is 2.05 bits per heavy atom. The van der Waals surface area contributed by atoms with Gasteiger partial charge in [-0.2, -0.15) is 13.2 Å². The van der Waals surface area contributed by atoms with E-state index in [0.717, 1.165) is 12.1 Å². The second-order valence-corrected chi connectivity index (χ2v) is 5.18. The van der Waals surface area contributed by atoms with Gasteiger partial charge >= 0.3 is 6.18 Å². The van der Waals surface area contributed by atoms with E-state index in [9.17, 15) is 28.1 Å². The van der Waals surface area contributed by atoms with Crippen LogP contribution in [0, 0.1) is 10.1 Å². The first-order valence-corrected chi connectivity index (χ1v) is 7.01. The molecule has 5 nitrogen and oxygen atoms in total. The number of rotatable bonds is 5. The fraction of sp³-hybridized carbons (Fsp3) is 0.364. The second kappa shape index (κ2) is 7.08. The molecule has 1 aromatic rings. The van der Waals surface area contributed by atoms with Crippen LogP contribution in [-0.2, 0) is 0 Å². The Morgan fingerprint density at radius 3 is 2.52 bits per heavy atom. The first kappa shape index (κ1) is 17.7. The van der Waals surface area contributed by atoms with Gasteiger partial charge in [-0.1, -0.05) is 27.5 Å². The van der Waals surface area contributed by atoms with Crippen LogP contribution in [0.5, 0.6) is 0 Å². The molecule has 0 bridgehead atoms. The molecule has 0 aliphatic carbocycles. The number of nitro groups is 1. The van der Waals surface area contributed by atoms with E-state index in [1.54, 1.807) is 0 Å². The van der Waals surface area contributed by atoms with Crippen LogP contribution in [0.3, 0.4) is 0 Å². The van der Waals surface area contributed by atoms with E-state index >= 15 is 0 Å². The van der Waals surface area contributed by atoms with Crippen LogP contribution in [0.4, 0.5) is 18.9 Å². The molecule has 0 aliphatic rings. The smallest absolute Gasteiger partial charge is 0.328 e. The number of nitrogens with zero attached hydrogens (tertiary/aromatic N) is 2. The molecule has 0 saturated heterocycles. The molecule has 0 unspecified atom stereocenters. The molecule has 21 heavy (non-hydrogen) atoms. The summed E-state index contributed by atoms with van der Waals surface area (Å²) in [6.45, 7) is -1.75. The first-order chi connectivity index (χ1) is 9.65. The summed E-state index contributed by atoms with van der Waals surface area (Å²) in [7, 11) is 0. The van der Waals surface area contributed by atoms with Crippen LogP contribution in [0.15, 0.2) is 18.2 Å². The molecule has 0 radical (unpaired) electrons. The van der Waals surface area contributed by atoms with Gasteiger partial charge in [-0.3, -0.25) is 14.9 Å². The van der Waals surface area contributed by atoms with Gasteiger partial charge in [0.15, 0.2) is 0 Å². The summed E-state index contributed by atoms with van der Waals surface area (Å²) in [5, 5.41) is 11.0. The Hall–Kier alpha value is -1.35. The van der Waals surface area contributed by atoms with Gasteiger partial charge in [-0.05, 0) is 12.1 Å². The standard InChI is InChI=1S/C11H9BrClF3N2O3/c12-3-4-17(6-11(14,15)16)10(19)8-5-7(13)1-2-9(8)18(20)21/h1-2,5H,3-4,6H2. The van der Waals surface area contributed by atoms with E-state index in [0.29, 0.717) is 4.90 Å². The van der Waals surface area contributed by atoms with Gasteiger partial charge in [-0.15, -0.1) is 0 Å². The molecule has 116 valence electrons. The van der Waals surface area contributed by atoms with Crippen LogP contribution in [0.2, 0.25) is 5.02 Å². The Kier molecular flexibility index (Phi) is 5.97. The van der Waals surface area contributed by atoms with Crippen LogP contribution < -0.4 is 0 Å². The van der Waals surface area contributed by atoms with E-state index in [1.807, 2.05) is 0 Å². The third-order valence-electron chi connectivity index (χ3n) is 2.40. The van der Waals surface area contributed by atoms with Crippen molar-refractivity contribution in [2.75, 3.05) is 18.4 Å². The first-order valence-electron chi connectivity index (χ1n) is 5.51. The highest BCUT2D eigenvalue weighted by atomic mass is 79.9. The maximum absolute atomic E-state index is 12.5. The SMILES string of the molecule is O=C(c1cc(Cl)ccc1[N+](=O)[O-])N(CCBr)CC(F)(F)F. The number of benzene rings is 1. The average Bonchev–Trinajstić information content (AvgIpc) is 2.35. The lowest BCUT2D eigenvalue weighted by Crippen LogP contribution is -2.40. The summed E-state index contributed by atoms with van der Waals surface area (Å²) >= 11 is 8.59. The maximum atomic E-state index is 12.5. The van der Waals surface area contributed by atoms with Gasteiger partial charge in [0.2, 0.25) is 0 Å². The summed E-state index contributed by atoms with van der Waals surface area (Å²) in [5.41, 5.74) is -1.07. The minimum atomic E-state index is -4.61. The second-order valence-electron chi connectivity index (χ2n) is 3.95. The van der Waals surface area contributed by atoms with Gasteiger partial charge in [0, 0.05) is 23.0 Å². The number of alkyl halides is 4. The van der Waals surface area contributed by atoms with Crippen molar-refractivity contribution < 1.29 is 22.9 Å². The molecule has 1 rings (SSSR count). The van der Waals surface area contributed by atoms with Crippen LogP contribution >= 0.6 is 27.5 Å². The Morgan fingerprint density at radius 1 is 1.43 bits per heavy atom. The number of amides is 1. The average molecular weight is 390 g/mol. The molecule has 0 saturated carbocycles. The molecule has 0 fully saturated rings. The molecule has 0 N–H and O–H groups in total. The topological polar surface area (TPSA) is 63.4 Å². The maximum Gasteiger partial charge on any atom is 0.406 e. The fourth-order valence-corrected chi connectivity index (χ4v) is 2.18. The van der Waals surface area contributed by atoms with Gasteiger partial charge in [-0.25, -0.2) is 0 Å². The van der Waals surface area contributed by atoms with Crippen LogP contribution in [0.1, 0.15) is 10.4 Å². The molecular formula is C11H9BrClF3N2O3. The van der Waals surface area contributed by atoms with Crippen molar-refractivity contribution in [2.24, 2.45) is 0 Å². The lowest BCUT2D eigenvalue weighted by molar-refractivity contribution is -0.385. The molecule has 0 aliphatic heterocycles. The van der Waals surface area contributed by atoms with Gasteiger partial charge in [0.05, 0.1) is 4.92 Å². The molecular weight excluding hydrogens is 380 g/mol. The molecule has 0 atom stereocenters. The Balaban J connectivity index is 3.19. The Bertz CT molecular complexity index is 554. The van der Waals surface area contributed by atoms with Crippen molar-refractivity contribution >= 4 is 39.1 Å². The molecule has 0 heterocycles. The highest BCUT2D eigenvalue weighted by Gasteiger charge is 2.35. The third kappa shape index (κ3) is 5.16. The van der Waals surface area contributed by atoms with Gasteiger partial charge in [0.1, 0.15) is 12.1 Å². The quantitative estimate of drug-likeness (QED) is 0.439. The minimum Gasteiger partial charge on any atom is -0.328 e. The minimum absolute atomic E-state index is 0.0229. The van der Waals surface area contributed by atoms with E-state index in [2.05, 4.69) is 15.9 Å². The predicted octanol–water partition coefficient (Wildman–Crippen LogP) is 3.65. The van der Waals surface area contributed by atoms with E-state index in [1.165, 1.54) is 6.07 Å². The number of hydrogen-bond donors (Lipinski definition) is 0. The summed E-state index contributed by atoms with van der Waals surface area (Å²) in [6.07, 6.45) is -4.61. The monoisotopic (exact) mass is 388 g/mol. The summed E-state index contributed by atoms with van der Waals surface area (Å²) in [6, 6.07) is 3.16. The highest BCUT2D eigenvalue weighted by Crippen LogP contribution is 2.26. The molecule has 1 amide bonds. The molecule has 0 aromatic heterocycles. The van der Waals surface area contributed by atoms with Crippen molar-refractivity contribution in [3.8, 4) is 0 Å². The van der Waals surface area contributed by atoms with E-state index in [4.69, 9.17) is 11.6 Å². The van der Waals surface area contributed by atoms with E-state index < -0.39 is 34.8 Å². The number of halogens is 5. The number of carbonyl (C=O) groups excluding carboxylic acids is 1. The summed E-state index contributed by atoms with van der Waals surface area (Å²) in [5.74, 6) is -1.10. The zero-order valence-corrected chi connectivity index (χ0v) is 12.7. The zero-order chi connectivity index (χ0) is 16.2. The van der Waals surface area contributed by atoms with Crippen LogP contribution in [-0.4, -0.2) is 40.3 Å². The van der Waals surface area contributed by atoms with Gasteiger partial charge < -0.3 is 4.90 Å². The largest absolute Gasteiger partial charge is 0.406 e. The number of carbonyl (C=O) groups is 1. The molecule has 10 heteroatoms. The number of hydrogen-bond acceptors (Lipinski definition) is 3. The number of nitro benzene ring substituents is 1. The lowest BCUT2D eigenvalue weighted by Gasteiger charge is -2.23. The Labute approximate surface area is 130 Å². The van der Waals surface area contributed by atoms with Crippen molar-refractivity contribution in [1.29, 1.82) is 0 Å². The lowest BCUT2D eigenvalue weighted by atomic mass is 10.1. The third-order valence-corrected chi connectivity index (χ3v) is 2.99. The highest BCUT2D eigenvalue weighted by molar-refractivity contribution is 9.09. The van der Waals surface area contributed by atoms with Gasteiger partial charge in [0.25, 0.3) is 11.6 Å². The van der Waals surface area contributed by atoms with Crippen LogP contribution in [0.25, 0.3) is 0 Å².